The van der Waals surface area contributed by atoms with Crippen LogP contribution >= 0.6 is 23.2 Å². The fourth-order valence-electron chi connectivity index (χ4n) is 3.97. The van der Waals surface area contributed by atoms with Crippen LogP contribution in [0.5, 0.6) is 5.75 Å². The molecule has 1 amide bonds. The summed E-state index contributed by atoms with van der Waals surface area (Å²) in [6.45, 7) is 2.61. The van der Waals surface area contributed by atoms with Crippen molar-refractivity contribution in [2.45, 2.75) is 37.5 Å². The molecular formula is C17H22Cl2N2O4. The first-order valence-corrected chi connectivity index (χ1v) is 9.08. The largest absolute Gasteiger partial charge is 0.508 e. The predicted molar refractivity (Wildman–Crippen MR) is 95.1 cm³/mol. The second-order valence-electron chi connectivity index (χ2n) is 6.85. The zero-order valence-electron chi connectivity index (χ0n) is 13.9. The number of hydrogen-bond donors (Lipinski definition) is 3. The van der Waals surface area contributed by atoms with Crippen LogP contribution in [0.2, 0.25) is 10.0 Å². The number of aliphatic hydroxyl groups is 2. The molecule has 3 rings (SSSR count). The third-order valence-electron chi connectivity index (χ3n) is 5.25. The first-order chi connectivity index (χ1) is 11.8. The number of hydrogen-bond acceptors (Lipinski definition) is 5. The molecule has 25 heavy (non-hydrogen) atoms. The van der Waals surface area contributed by atoms with Crippen LogP contribution in [0.1, 0.15) is 24.8 Å². The highest BCUT2D eigenvalue weighted by atomic mass is 35.5. The average molecular weight is 389 g/mol. The van der Waals surface area contributed by atoms with Crippen molar-refractivity contribution >= 4 is 29.1 Å². The summed E-state index contributed by atoms with van der Waals surface area (Å²) in [5, 5.41) is 30.3. The Balaban J connectivity index is 1.82. The quantitative estimate of drug-likeness (QED) is 0.726. The van der Waals surface area contributed by atoms with E-state index < -0.39 is 12.1 Å². The van der Waals surface area contributed by atoms with Gasteiger partial charge in [0.1, 0.15) is 5.75 Å². The average Bonchev–Trinajstić information content (AvgIpc) is 2.96. The minimum absolute atomic E-state index is 0.0458. The molecular weight excluding hydrogens is 367 g/mol. The molecule has 2 heterocycles. The SMILES string of the molecule is C[C@H](O)[C@H](CO)N1CC(=O)N2C[C@@H](c3c(O)ccc(Cl)c3Cl)C[C@H]2C1. The summed E-state index contributed by atoms with van der Waals surface area (Å²) in [5.74, 6) is -0.0597. The Kier molecular flexibility index (Phi) is 5.46. The van der Waals surface area contributed by atoms with E-state index in [1.54, 1.807) is 17.9 Å². The molecule has 2 aliphatic heterocycles. The fourth-order valence-corrected chi connectivity index (χ4v) is 4.45. The Morgan fingerprint density at radius 2 is 2.04 bits per heavy atom. The van der Waals surface area contributed by atoms with E-state index in [4.69, 9.17) is 23.2 Å². The highest BCUT2D eigenvalue weighted by molar-refractivity contribution is 6.42. The molecule has 8 heteroatoms. The zero-order valence-corrected chi connectivity index (χ0v) is 15.4. The number of nitrogens with zero attached hydrogens (tertiary/aromatic N) is 2. The molecule has 138 valence electrons. The molecule has 6 nitrogen and oxygen atoms in total. The minimum Gasteiger partial charge on any atom is -0.508 e. The highest BCUT2D eigenvalue weighted by Gasteiger charge is 2.43. The van der Waals surface area contributed by atoms with E-state index >= 15 is 0 Å². The van der Waals surface area contributed by atoms with Crippen LogP contribution in [0.3, 0.4) is 0 Å². The number of carbonyl (C=O) groups is 1. The number of aliphatic hydroxyl groups excluding tert-OH is 2. The van der Waals surface area contributed by atoms with Crippen LogP contribution in [0.15, 0.2) is 12.1 Å². The first-order valence-electron chi connectivity index (χ1n) is 8.32. The predicted octanol–water partition coefficient (Wildman–Crippen LogP) is 1.44. The van der Waals surface area contributed by atoms with Crippen LogP contribution < -0.4 is 0 Å². The van der Waals surface area contributed by atoms with Crippen molar-refractivity contribution in [3.05, 3.63) is 27.7 Å². The monoisotopic (exact) mass is 388 g/mol. The Morgan fingerprint density at radius 1 is 1.32 bits per heavy atom. The molecule has 0 radical (unpaired) electrons. The van der Waals surface area contributed by atoms with E-state index in [0.29, 0.717) is 35.1 Å². The second kappa shape index (κ2) is 7.29. The van der Waals surface area contributed by atoms with Gasteiger partial charge < -0.3 is 20.2 Å². The number of rotatable bonds is 4. The Labute approximate surface area is 156 Å². The maximum atomic E-state index is 12.5. The van der Waals surface area contributed by atoms with Gasteiger partial charge in [0.05, 0.1) is 35.3 Å². The van der Waals surface area contributed by atoms with Gasteiger partial charge in [-0.3, -0.25) is 9.69 Å². The number of halogens is 2. The lowest BCUT2D eigenvalue weighted by molar-refractivity contribution is -0.140. The number of benzene rings is 1. The molecule has 3 N–H and O–H groups in total. The van der Waals surface area contributed by atoms with Crippen LogP contribution in [0.25, 0.3) is 0 Å². The normalized spacial score (nSPS) is 26.6. The Bertz CT molecular complexity index is 670. The van der Waals surface area contributed by atoms with Crippen LogP contribution in [0, 0.1) is 0 Å². The van der Waals surface area contributed by atoms with Crippen molar-refractivity contribution in [1.82, 2.24) is 9.80 Å². The molecule has 0 aliphatic carbocycles. The summed E-state index contributed by atoms with van der Waals surface area (Å²) in [7, 11) is 0. The van der Waals surface area contributed by atoms with Crippen molar-refractivity contribution in [2.24, 2.45) is 0 Å². The van der Waals surface area contributed by atoms with E-state index in [0.717, 1.165) is 0 Å². The van der Waals surface area contributed by atoms with Crippen molar-refractivity contribution in [2.75, 3.05) is 26.2 Å². The van der Waals surface area contributed by atoms with Crippen molar-refractivity contribution in [1.29, 1.82) is 0 Å². The van der Waals surface area contributed by atoms with Crippen molar-refractivity contribution < 1.29 is 20.1 Å². The lowest BCUT2D eigenvalue weighted by Gasteiger charge is -2.41. The van der Waals surface area contributed by atoms with Gasteiger partial charge in [-0.1, -0.05) is 23.2 Å². The maximum Gasteiger partial charge on any atom is 0.237 e. The minimum atomic E-state index is -0.729. The highest BCUT2D eigenvalue weighted by Crippen LogP contribution is 2.43. The third kappa shape index (κ3) is 3.46. The van der Waals surface area contributed by atoms with Crippen molar-refractivity contribution in [3.8, 4) is 5.75 Å². The van der Waals surface area contributed by atoms with Crippen LogP contribution in [0.4, 0.5) is 0 Å². The molecule has 0 unspecified atom stereocenters. The molecule has 2 fully saturated rings. The van der Waals surface area contributed by atoms with Crippen molar-refractivity contribution in [3.63, 3.8) is 0 Å². The Hall–Kier alpha value is -1.05. The molecule has 2 saturated heterocycles. The molecule has 1 aromatic rings. The fraction of sp³-hybridized carbons (Fsp3) is 0.588. The molecule has 4 atom stereocenters. The van der Waals surface area contributed by atoms with Gasteiger partial charge in [-0.15, -0.1) is 0 Å². The van der Waals surface area contributed by atoms with Gasteiger partial charge in [0, 0.05) is 30.6 Å². The number of phenols is 1. The van der Waals surface area contributed by atoms with Gasteiger partial charge >= 0.3 is 0 Å². The van der Waals surface area contributed by atoms with E-state index in [1.807, 2.05) is 4.90 Å². The third-order valence-corrected chi connectivity index (χ3v) is 6.07. The number of phenolic OH excluding ortho intramolecular Hbond substituents is 1. The van der Waals surface area contributed by atoms with Crippen LogP contribution in [-0.2, 0) is 4.79 Å². The molecule has 0 bridgehead atoms. The standard InChI is InChI=1S/C17H22Cl2N2O4/c1-9(23)13(8-22)20-6-11-4-10(5-21(11)15(25)7-20)16-14(24)3-2-12(18)17(16)19/h2-3,9-11,13,22-24H,4-8H2,1H3/t9-,10-,11-,13-/m0/s1. The van der Waals surface area contributed by atoms with Gasteiger partial charge in [-0.25, -0.2) is 0 Å². The summed E-state index contributed by atoms with van der Waals surface area (Å²) in [5.41, 5.74) is 0.581. The summed E-state index contributed by atoms with van der Waals surface area (Å²) in [6.07, 6.45) is -0.0821. The summed E-state index contributed by atoms with van der Waals surface area (Å²) in [4.78, 5) is 16.2. The summed E-state index contributed by atoms with van der Waals surface area (Å²) < 4.78 is 0. The maximum absolute atomic E-state index is 12.5. The first kappa shape index (κ1) is 18.7. The van der Waals surface area contributed by atoms with E-state index in [1.165, 1.54) is 6.07 Å². The second-order valence-corrected chi connectivity index (χ2v) is 7.63. The molecule has 0 saturated carbocycles. The van der Waals surface area contributed by atoms with Crippen LogP contribution in [-0.4, -0.2) is 75.5 Å². The van der Waals surface area contributed by atoms with Gasteiger partial charge in [0.15, 0.2) is 0 Å². The number of aromatic hydroxyl groups is 1. The molecule has 0 spiro atoms. The smallest absolute Gasteiger partial charge is 0.237 e. The number of fused-ring (bicyclic) bond motifs is 1. The molecule has 1 aromatic carbocycles. The van der Waals surface area contributed by atoms with Gasteiger partial charge in [-0.05, 0) is 25.5 Å². The van der Waals surface area contributed by atoms with Gasteiger partial charge in [0.2, 0.25) is 5.91 Å². The number of piperazine rings is 1. The van der Waals surface area contributed by atoms with Gasteiger partial charge in [-0.2, -0.15) is 0 Å². The van der Waals surface area contributed by atoms with E-state index in [2.05, 4.69) is 0 Å². The summed E-state index contributed by atoms with van der Waals surface area (Å²) in [6, 6.07) is 2.55. The number of amides is 1. The Morgan fingerprint density at radius 3 is 2.68 bits per heavy atom. The zero-order chi connectivity index (χ0) is 18.3. The lowest BCUT2D eigenvalue weighted by Crippen LogP contribution is -2.59. The summed E-state index contributed by atoms with van der Waals surface area (Å²) >= 11 is 12.4. The number of carbonyl (C=O) groups excluding carboxylic acids is 1. The van der Waals surface area contributed by atoms with Gasteiger partial charge in [0.25, 0.3) is 0 Å². The lowest BCUT2D eigenvalue weighted by atomic mass is 9.95. The van der Waals surface area contributed by atoms with E-state index in [-0.39, 0.29) is 36.8 Å². The molecule has 2 aliphatic rings. The van der Waals surface area contributed by atoms with E-state index in [9.17, 15) is 20.1 Å². The topological polar surface area (TPSA) is 84.2 Å². The molecule has 0 aromatic heterocycles.